The van der Waals surface area contributed by atoms with E-state index in [0.29, 0.717) is 36.0 Å². The quantitative estimate of drug-likeness (QED) is 0.176. The Morgan fingerprint density at radius 3 is 2.49 bits per heavy atom. The monoisotopic (exact) mass is 580 g/mol. The second kappa shape index (κ2) is 11.9. The number of amides is 1. The molecule has 0 saturated heterocycles. The molecular weight excluding hydrogens is 551 g/mol. The van der Waals surface area contributed by atoms with Gasteiger partial charge in [0.2, 0.25) is 0 Å². The average molecular weight is 580 g/mol. The van der Waals surface area contributed by atoms with Gasteiger partial charge in [-0.25, -0.2) is 0 Å². The van der Waals surface area contributed by atoms with Crippen molar-refractivity contribution in [3.63, 3.8) is 0 Å². The van der Waals surface area contributed by atoms with Crippen LogP contribution in [0.3, 0.4) is 0 Å². The zero-order valence-electron chi connectivity index (χ0n) is 20.7. The lowest BCUT2D eigenvalue weighted by Crippen LogP contribution is -2.14. The van der Waals surface area contributed by atoms with Crippen LogP contribution in [0.5, 0.6) is 11.5 Å². The maximum atomic E-state index is 12.8. The minimum atomic E-state index is -0.454. The molecule has 3 rings (SSSR count). The zero-order valence-corrected chi connectivity index (χ0v) is 22.8. The van der Waals surface area contributed by atoms with Crippen LogP contribution in [0.2, 0.25) is 0 Å². The molecule has 6 heteroatoms. The lowest BCUT2D eigenvalue weighted by molar-refractivity contribution is -0.112. The topological polar surface area (TPSA) is 71.3 Å². The second-order valence-corrected chi connectivity index (χ2v) is 9.50. The number of carbonyl (C=O) groups excluding carboxylic acids is 1. The number of anilines is 1. The minimum absolute atomic E-state index is 0.00736. The number of hydrogen-bond donors (Lipinski definition) is 1. The first-order valence-electron chi connectivity index (χ1n) is 11.4. The van der Waals surface area contributed by atoms with Crippen LogP contribution in [-0.4, -0.2) is 12.5 Å². The Morgan fingerprint density at radius 1 is 1.03 bits per heavy atom. The number of halogens is 1. The van der Waals surface area contributed by atoms with Crippen molar-refractivity contribution in [2.45, 2.75) is 41.2 Å². The van der Waals surface area contributed by atoms with Crippen molar-refractivity contribution in [3.8, 4) is 17.6 Å². The summed E-state index contributed by atoms with van der Waals surface area (Å²) < 4.78 is 12.8. The lowest BCUT2D eigenvalue weighted by atomic mass is 10.1. The maximum absolute atomic E-state index is 12.8. The van der Waals surface area contributed by atoms with Gasteiger partial charge in [0.15, 0.2) is 11.5 Å². The largest absolute Gasteiger partial charge is 0.490 e. The fraction of sp³-hybridized carbons (Fsp3) is 0.241. The number of ether oxygens (including phenoxy) is 2. The van der Waals surface area contributed by atoms with Gasteiger partial charge in [0.05, 0.1) is 10.2 Å². The summed E-state index contributed by atoms with van der Waals surface area (Å²) in [7, 11) is 0. The normalized spacial score (nSPS) is 11.1. The highest BCUT2D eigenvalue weighted by Gasteiger charge is 2.15. The van der Waals surface area contributed by atoms with Gasteiger partial charge in [-0.3, -0.25) is 4.79 Å². The Hall–Kier alpha value is -3.31. The van der Waals surface area contributed by atoms with Crippen LogP contribution in [0.15, 0.2) is 54.1 Å². The third-order valence-electron chi connectivity index (χ3n) is 5.82. The summed E-state index contributed by atoms with van der Waals surface area (Å²) in [5.41, 5.74) is 6.95. The number of nitriles is 1. The summed E-state index contributed by atoms with van der Waals surface area (Å²) in [6, 6.07) is 17.6. The van der Waals surface area contributed by atoms with Gasteiger partial charge in [0.1, 0.15) is 18.2 Å². The van der Waals surface area contributed by atoms with Crippen LogP contribution < -0.4 is 14.8 Å². The molecule has 35 heavy (non-hydrogen) atoms. The van der Waals surface area contributed by atoms with E-state index >= 15 is 0 Å². The van der Waals surface area contributed by atoms with E-state index in [2.05, 4.69) is 60.0 Å². The molecule has 0 bridgehead atoms. The smallest absolute Gasteiger partial charge is 0.266 e. The third-order valence-corrected chi connectivity index (χ3v) is 6.62. The van der Waals surface area contributed by atoms with Crippen molar-refractivity contribution >= 4 is 40.3 Å². The fourth-order valence-corrected chi connectivity index (χ4v) is 4.30. The molecule has 0 unspecified atom stereocenters. The molecule has 1 amide bonds. The Balaban J connectivity index is 1.86. The van der Waals surface area contributed by atoms with Gasteiger partial charge < -0.3 is 14.8 Å². The lowest BCUT2D eigenvalue weighted by Gasteiger charge is -2.15. The molecule has 0 aliphatic carbocycles. The number of hydrogen-bond acceptors (Lipinski definition) is 4. The van der Waals surface area contributed by atoms with Crippen LogP contribution in [0.1, 0.15) is 40.3 Å². The van der Waals surface area contributed by atoms with Crippen molar-refractivity contribution in [2.24, 2.45) is 0 Å². The third kappa shape index (κ3) is 6.64. The van der Waals surface area contributed by atoms with E-state index < -0.39 is 5.91 Å². The number of nitrogens with one attached hydrogen (secondary N) is 1. The summed E-state index contributed by atoms with van der Waals surface area (Å²) in [5, 5.41) is 12.5. The zero-order chi connectivity index (χ0) is 25.5. The molecule has 5 nitrogen and oxygen atoms in total. The van der Waals surface area contributed by atoms with Crippen molar-refractivity contribution in [1.29, 1.82) is 5.26 Å². The fourth-order valence-electron chi connectivity index (χ4n) is 3.51. The van der Waals surface area contributed by atoms with Gasteiger partial charge in [-0.05, 0) is 115 Å². The second-order valence-electron chi connectivity index (χ2n) is 8.34. The molecule has 0 aliphatic rings. The van der Waals surface area contributed by atoms with Gasteiger partial charge in [0.25, 0.3) is 5.91 Å². The molecule has 0 aromatic heterocycles. The van der Waals surface area contributed by atoms with Crippen LogP contribution in [0.25, 0.3) is 6.08 Å². The first-order valence-corrected chi connectivity index (χ1v) is 12.5. The molecule has 1 N–H and O–H groups in total. The van der Waals surface area contributed by atoms with Crippen LogP contribution >= 0.6 is 22.6 Å². The summed E-state index contributed by atoms with van der Waals surface area (Å²) in [6.45, 7) is 10.9. The molecular formula is C29H29IN2O3. The van der Waals surface area contributed by atoms with E-state index in [4.69, 9.17) is 9.47 Å². The Labute approximate surface area is 220 Å². The molecule has 0 spiro atoms. The van der Waals surface area contributed by atoms with Crippen molar-refractivity contribution in [2.75, 3.05) is 11.9 Å². The molecule has 3 aromatic rings. The van der Waals surface area contributed by atoms with Gasteiger partial charge in [-0.2, -0.15) is 5.26 Å². The van der Waals surface area contributed by atoms with E-state index in [1.54, 1.807) is 12.1 Å². The first-order chi connectivity index (χ1) is 16.7. The Kier molecular flexibility index (Phi) is 8.94. The predicted molar refractivity (Wildman–Crippen MR) is 149 cm³/mol. The Bertz CT molecular complexity index is 1320. The molecule has 180 valence electrons. The predicted octanol–water partition coefficient (Wildman–Crippen LogP) is 7.05. The van der Waals surface area contributed by atoms with E-state index in [-0.39, 0.29) is 5.57 Å². The SMILES string of the molecule is CCOc1cc(/C=C(\C#N)C(=O)Nc2cccc(C)c2C)cc(I)c1OCc1ccc(C)c(C)c1. The Morgan fingerprint density at radius 2 is 1.80 bits per heavy atom. The highest BCUT2D eigenvalue weighted by atomic mass is 127. The molecule has 0 saturated carbocycles. The van der Waals surface area contributed by atoms with Gasteiger partial charge >= 0.3 is 0 Å². The van der Waals surface area contributed by atoms with Crippen molar-refractivity contribution in [3.05, 3.63) is 91.1 Å². The molecule has 0 fully saturated rings. The van der Waals surface area contributed by atoms with Crippen molar-refractivity contribution in [1.82, 2.24) is 0 Å². The van der Waals surface area contributed by atoms with Crippen molar-refractivity contribution < 1.29 is 14.3 Å². The number of benzene rings is 3. The van der Waals surface area contributed by atoms with Gasteiger partial charge in [-0.1, -0.05) is 30.3 Å². The maximum Gasteiger partial charge on any atom is 0.266 e. The average Bonchev–Trinajstić information content (AvgIpc) is 2.82. The molecule has 0 radical (unpaired) electrons. The molecule has 0 atom stereocenters. The van der Waals surface area contributed by atoms with Gasteiger partial charge in [0, 0.05) is 5.69 Å². The van der Waals surface area contributed by atoms with E-state index in [9.17, 15) is 10.1 Å². The summed E-state index contributed by atoms with van der Waals surface area (Å²) in [6.07, 6.45) is 1.57. The summed E-state index contributed by atoms with van der Waals surface area (Å²) >= 11 is 2.19. The van der Waals surface area contributed by atoms with Crippen LogP contribution in [0.4, 0.5) is 5.69 Å². The van der Waals surface area contributed by atoms with E-state index in [1.165, 1.54) is 11.1 Å². The van der Waals surface area contributed by atoms with Crippen LogP contribution in [-0.2, 0) is 11.4 Å². The highest BCUT2D eigenvalue weighted by molar-refractivity contribution is 14.1. The number of aryl methyl sites for hydroxylation is 3. The van der Waals surface area contributed by atoms with Crippen LogP contribution in [0, 0.1) is 42.6 Å². The molecule has 0 aliphatic heterocycles. The summed E-state index contributed by atoms with van der Waals surface area (Å²) in [5.74, 6) is 0.757. The number of nitrogens with zero attached hydrogens (tertiary/aromatic N) is 1. The van der Waals surface area contributed by atoms with E-state index in [1.807, 2.05) is 51.1 Å². The minimum Gasteiger partial charge on any atom is -0.490 e. The highest BCUT2D eigenvalue weighted by Crippen LogP contribution is 2.35. The van der Waals surface area contributed by atoms with E-state index in [0.717, 1.165) is 20.3 Å². The molecule has 3 aromatic carbocycles. The first kappa shape index (κ1) is 26.3. The molecule has 0 heterocycles. The standard InChI is InChI=1S/C29H29IN2O3/c1-6-34-27-15-23(13-24(16-31)29(33)32-26-9-7-8-19(3)21(26)5)14-25(30)28(27)35-17-22-11-10-18(2)20(4)12-22/h7-15H,6,17H2,1-5H3,(H,32,33)/b24-13+. The summed E-state index contributed by atoms with van der Waals surface area (Å²) in [4.78, 5) is 12.8. The number of carbonyl (C=O) groups is 1. The number of rotatable bonds is 8. The van der Waals surface area contributed by atoms with Gasteiger partial charge in [-0.15, -0.1) is 0 Å².